The van der Waals surface area contributed by atoms with Crippen molar-refractivity contribution in [1.82, 2.24) is 0 Å². The van der Waals surface area contributed by atoms with Crippen LogP contribution in [-0.4, -0.2) is 6.61 Å². The average Bonchev–Trinajstić information content (AvgIpc) is 2.75. The smallest absolute Gasteiger partial charge is 0.119 e. The van der Waals surface area contributed by atoms with Gasteiger partial charge in [0.2, 0.25) is 0 Å². The lowest BCUT2D eigenvalue weighted by molar-refractivity contribution is 0.225. The molecule has 0 aliphatic heterocycles. The Balaban J connectivity index is 1.32. The van der Waals surface area contributed by atoms with Crippen LogP contribution in [0.25, 0.3) is 0 Å². The molecule has 0 spiro atoms. The normalized spacial score (nSPS) is 28.5. The highest BCUT2D eigenvalue weighted by atomic mass is 19.1. The van der Waals surface area contributed by atoms with Crippen molar-refractivity contribution in [2.45, 2.75) is 89.9 Å². The molecule has 0 saturated heterocycles. The van der Waals surface area contributed by atoms with Crippen LogP contribution in [-0.2, 0) is 0 Å². The van der Waals surface area contributed by atoms with E-state index in [0.29, 0.717) is 6.33 Å². The Kier molecular flexibility index (Phi) is 8.89. The third-order valence-electron chi connectivity index (χ3n) is 7.29. The highest BCUT2D eigenvalue weighted by Crippen LogP contribution is 2.40. The maximum Gasteiger partial charge on any atom is 0.119 e. The fourth-order valence-corrected chi connectivity index (χ4v) is 5.46. The van der Waals surface area contributed by atoms with Gasteiger partial charge in [0.15, 0.2) is 0 Å². The van der Waals surface area contributed by atoms with Gasteiger partial charge in [0.25, 0.3) is 0 Å². The topological polar surface area (TPSA) is 9.23 Å². The second kappa shape index (κ2) is 11.6. The van der Waals surface area contributed by atoms with Gasteiger partial charge < -0.3 is 4.74 Å². The first-order chi connectivity index (χ1) is 13.8. The number of hydrogen-bond acceptors (Lipinski definition) is 1. The van der Waals surface area contributed by atoms with Crippen molar-refractivity contribution in [3.8, 4) is 5.75 Å². The molecule has 1 aromatic rings. The van der Waals surface area contributed by atoms with Crippen molar-refractivity contribution in [3.05, 3.63) is 42.2 Å². The van der Waals surface area contributed by atoms with Gasteiger partial charge in [-0.1, -0.05) is 56.7 Å². The summed E-state index contributed by atoms with van der Waals surface area (Å²) in [6.07, 6.45) is 18.4. The lowest BCUT2D eigenvalue weighted by Gasteiger charge is -2.32. The molecule has 0 amide bonds. The van der Waals surface area contributed by atoms with Gasteiger partial charge in [0.1, 0.15) is 5.75 Å². The van der Waals surface area contributed by atoms with Gasteiger partial charge in [0, 0.05) is 0 Å². The summed E-state index contributed by atoms with van der Waals surface area (Å²) in [5.41, 5.74) is 1.50. The van der Waals surface area contributed by atoms with E-state index in [4.69, 9.17) is 4.74 Å². The molecular weight excluding hydrogens is 347 g/mol. The van der Waals surface area contributed by atoms with Crippen LogP contribution >= 0.6 is 0 Å². The summed E-state index contributed by atoms with van der Waals surface area (Å²) in [5.74, 6) is 4.49. The molecule has 2 fully saturated rings. The number of allylic oxidation sites excluding steroid dienone is 1. The van der Waals surface area contributed by atoms with Crippen LogP contribution in [0.1, 0.15) is 95.5 Å². The minimum Gasteiger partial charge on any atom is -0.494 e. The van der Waals surface area contributed by atoms with Crippen LogP contribution in [0.5, 0.6) is 5.75 Å². The molecule has 0 heterocycles. The Labute approximate surface area is 171 Å². The van der Waals surface area contributed by atoms with Gasteiger partial charge in [0.05, 0.1) is 12.9 Å². The molecule has 2 saturated carbocycles. The second-order valence-corrected chi connectivity index (χ2v) is 9.12. The zero-order valence-corrected chi connectivity index (χ0v) is 17.8. The van der Waals surface area contributed by atoms with Crippen molar-refractivity contribution in [2.75, 3.05) is 6.61 Å². The lowest BCUT2D eigenvalue weighted by Crippen LogP contribution is -2.17. The average molecular weight is 387 g/mol. The Morgan fingerprint density at radius 1 is 0.821 bits per heavy atom. The van der Waals surface area contributed by atoms with Gasteiger partial charge in [-0.05, 0) is 86.8 Å². The molecular formula is C26H39FO. The standard InChI is InChI=1S/C26H39FO/c1-2-28-26-18-16-25(17-19-26)24-14-12-23(13-15-24)11-10-22-8-6-21(7-9-22)5-3-4-20-27/h4,16-24H,2-3,5-15H2,1H3/t21-,22-,23-,24-. The van der Waals surface area contributed by atoms with Crippen molar-refractivity contribution in [1.29, 1.82) is 0 Å². The summed E-state index contributed by atoms with van der Waals surface area (Å²) in [4.78, 5) is 0. The summed E-state index contributed by atoms with van der Waals surface area (Å²) in [6.45, 7) is 2.77. The zero-order valence-electron chi connectivity index (χ0n) is 17.8. The Hall–Kier alpha value is -1.31. The largest absolute Gasteiger partial charge is 0.494 e. The number of hydrogen-bond donors (Lipinski definition) is 0. The quantitative estimate of drug-likeness (QED) is 0.415. The molecule has 0 N–H and O–H groups in total. The Morgan fingerprint density at radius 2 is 1.36 bits per heavy atom. The van der Waals surface area contributed by atoms with Crippen molar-refractivity contribution in [2.24, 2.45) is 17.8 Å². The lowest BCUT2D eigenvalue weighted by atomic mass is 9.74. The molecule has 0 radical (unpaired) electrons. The SMILES string of the molecule is CCOc1ccc([C@H]2CC[C@H](CC[C@H]3CC[C@H](CCC=CF)CC3)CC2)cc1. The predicted octanol–water partition coefficient (Wildman–Crippen LogP) is 8.21. The summed E-state index contributed by atoms with van der Waals surface area (Å²) < 4.78 is 17.6. The summed E-state index contributed by atoms with van der Waals surface area (Å²) in [6, 6.07) is 8.82. The molecule has 3 rings (SSSR count). The van der Waals surface area contributed by atoms with E-state index >= 15 is 0 Å². The molecule has 1 aromatic carbocycles. The fourth-order valence-electron chi connectivity index (χ4n) is 5.46. The molecule has 0 aromatic heterocycles. The number of rotatable bonds is 9. The van der Waals surface area contributed by atoms with E-state index in [-0.39, 0.29) is 0 Å². The first-order valence-electron chi connectivity index (χ1n) is 11.8. The second-order valence-electron chi connectivity index (χ2n) is 9.12. The van der Waals surface area contributed by atoms with Crippen LogP contribution in [0, 0.1) is 17.8 Å². The van der Waals surface area contributed by atoms with Crippen LogP contribution < -0.4 is 4.74 Å². The maximum absolute atomic E-state index is 12.1. The van der Waals surface area contributed by atoms with E-state index in [1.54, 1.807) is 6.08 Å². The molecule has 28 heavy (non-hydrogen) atoms. The third kappa shape index (κ3) is 6.64. The van der Waals surface area contributed by atoms with E-state index in [0.717, 1.165) is 42.4 Å². The number of ether oxygens (including phenoxy) is 1. The minimum atomic E-state index is 0.705. The van der Waals surface area contributed by atoms with Crippen LogP contribution in [0.2, 0.25) is 0 Å². The number of benzene rings is 1. The van der Waals surface area contributed by atoms with Gasteiger partial charge in [-0.15, -0.1) is 0 Å². The Bertz CT molecular complexity index is 563. The predicted molar refractivity (Wildman–Crippen MR) is 116 cm³/mol. The van der Waals surface area contributed by atoms with E-state index < -0.39 is 0 Å². The highest BCUT2D eigenvalue weighted by Gasteiger charge is 2.25. The molecule has 2 aliphatic rings. The van der Waals surface area contributed by atoms with Crippen LogP contribution in [0.4, 0.5) is 4.39 Å². The first-order valence-corrected chi connectivity index (χ1v) is 11.8. The van der Waals surface area contributed by atoms with E-state index in [9.17, 15) is 4.39 Å². The highest BCUT2D eigenvalue weighted by molar-refractivity contribution is 5.29. The van der Waals surface area contributed by atoms with Crippen molar-refractivity contribution < 1.29 is 9.13 Å². The third-order valence-corrected chi connectivity index (χ3v) is 7.29. The van der Waals surface area contributed by atoms with Gasteiger partial charge in [-0.2, -0.15) is 0 Å². The van der Waals surface area contributed by atoms with Crippen LogP contribution in [0.3, 0.4) is 0 Å². The van der Waals surface area contributed by atoms with E-state index in [1.165, 1.54) is 76.2 Å². The summed E-state index contributed by atoms with van der Waals surface area (Å²) in [7, 11) is 0. The molecule has 0 unspecified atom stereocenters. The summed E-state index contributed by atoms with van der Waals surface area (Å²) >= 11 is 0. The fraction of sp³-hybridized carbons (Fsp3) is 0.692. The van der Waals surface area contributed by atoms with Gasteiger partial charge >= 0.3 is 0 Å². The molecule has 0 bridgehead atoms. The summed E-state index contributed by atoms with van der Waals surface area (Å²) in [5, 5.41) is 0. The van der Waals surface area contributed by atoms with Gasteiger partial charge in [-0.3, -0.25) is 0 Å². The van der Waals surface area contributed by atoms with Crippen molar-refractivity contribution >= 4 is 0 Å². The molecule has 2 heteroatoms. The van der Waals surface area contributed by atoms with E-state index in [2.05, 4.69) is 24.3 Å². The van der Waals surface area contributed by atoms with Crippen LogP contribution in [0.15, 0.2) is 36.7 Å². The number of halogens is 1. The molecule has 156 valence electrons. The Morgan fingerprint density at radius 3 is 1.89 bits per heavy atom. The maximum atomic E-state index is 12.1. The van der Waals surface area contributed by atoms with Gasteiger partial charge in [-0.25, -0.2) is 4.39 Å². The zero-order chi connectivity index (χ0) is 19.6. The molecule has 2 aliphatic carbocycles. The molecule has 1 nitrogen and oxygen atoms in total. The minimum absolute atomic E-state index is 0.705. The van der Waals surface area contributed by atoms with E-state index in [1.807, 2.05) is 6.92 Å². The van der Waals surface area contributed by atoms with Crippen molar-refractivity contribution in [3.63, 3.8) is 0 Å². The monoisotopic (exact) mass is 386 g/mol. The molecule has 0 atom stereocenters. The first kappa shape index (κ1) is 21.4.